The highest BCUT2D eigenvalue weighted by Crippen LogP contribution is 2.22. The van der Waals surface area contributed by atoms with Crippen LogP contribution in [0.2, 0.25) is 0 Å². The van der Waals surface area contributed by atoms with Gasteiger partial charge in [-0.05, 0) is 12.8 Å². The van der Waals surface area contributed by atoms with Crippen LogP contribution in [0, 0.1) is 0 Å². The molecule has 0 aliphatic heterocycles. The summed E-state index contributed by atoms with van der Waals surface area (Å²) in [5.74, 6) is -0.207. The Labute approximate surface area is 71.2 Å². The van der Waals surface area contributed by atoms with Crippen molar-refractivity contribution in [2.45, 2.75) is 32.3 Å². The number of esters is 1. The first-order valence-electron chi connectivity index (χ1n) is 3.70. The number of carbonyl (C=O) groups is 1. The van der Waals surface area contributed by atoms with Gasteiger partial charge in [0.15, 0.2) is 0 Å². The SMILES string of the molecule is CC(=O)OC1CC=C(Cl)CC1. The van der Waals surface area contributed by atoms with E-state index in [2.05, 4.69) is 0 Å². The van der Waals surface area contributed by atoms with Crippen molar-refractivity contribution in [3.63, 3.8) is 0 Å². The fourth-order valence-corrected chi connectivity index (χ4v) is 1.32. The molecule has 0 aromatic heterocycles. The number of halogens is 1. The Bertz CT molecular complexity index is 187. The van der Waals surface area contributed by atoms with Crippen molar-refractivity contribution in [3.8, 4) is 0 Å². The lowest BCUT2D eigenvalue weighted by molar-refractivity contribution is -0.146. The van der Waals surface area contributed by atoms with Crippen LogP contribution >= 0.6 is 11.6 Å². The second-order valence-electron chi connectivity index (χ2n) is 2.66. The quantitative estimate of drug-likeness (QED) is 0.570. The molecule has 0 radical (unpaired) electrons. The van der Waals surface area contributed by atoms with Crippen LogP contribution in [0.1, 0.15) is 26.2 Å². The van der Waals surface area contributed by atoms with Gasteiger partial charge in [0, 0.05) is 18.4 Å². The van der Waals surface area contributed by atoms with E-state index < -0.39 is 0 Å². The summed E-state index contributed by atoms with van der Waals surface area (Å²) in [6.45, 7) is 1.43. The highest BCUT2D eigenvalue weighted by atomic mass is 35.5. The molecule has 0 aromatic rings. The average Bonchev–Trinajstić information content (AvgIpc) is 1.93. The Hall–Kier alpha value is -0.500. The third-order valence-electron chi connectivity index (χ3n) is 1.64. The van der Waals surface area contributed by atoms with Crippen molar-refractivity contribution in [3.05, 3.63) is 11.1 Å². The Morgan fingerprint density at radius 3 is 3.00 bits per heavy atom. The van der Waals surface area contributed by atoms with Crippen LogP contribution in [-0.4, -0.2) is 12.1 Å². The molecule has 0 heterocycles. The number of ether oxygens (including phenoxy) is 1. The van der Waals surface area contributed by atoms with Crippen LogP contribution in [0.4, 0.5) is 0 Å². The molecule has 0 saturated heterocycles. The van der Waals surface area contributed by atoms with Gasteiger partial charge >= 0.3 is 5.97 Å². The summed E-state index contributed by atoms with van der Waals surface area (Å²) < 4.78 is 5.00. The van der Waals surface area contributed by atoms with E-state index in [0.29, 0.717) is 0 Å². The Kier molecular flexibility index (Phi) is 2.94. The first-order chi connectivity index (χ1) is 5.18. The van der Waals surface area contributed by atoms with Gasteiger partial charge in [-0.15, -0.1) is 0 Å². The van der Waals surface area contributed by atoms with E-state index in [1.807, 2.05) is 6.08 Å². The lowest BCUT2D eigenvalue weighted by Crippen LogP contribution is -2.17. The summed E-state index contributed by atoms with van der Waals surface area (Å²) in [6, 6.07) is 0. The van der Waals surface area contributed by atoms with Crippen molar-refractivity contribution in [2.75, 3.05) is 0 Å². The maximum absolute atomic E-state index is 10.5. The number of rotatable bonds is 1. The van der Waals surface area contributed by atoms with E-state index in [1.165, 1.54) is 6.92 Å². The van der Waals surface area contributed by atoms with Gasteiger partial charge in [0.1, 0.15) is 6.10 Å². The van der Waals surface area contributed by atoms with E-state index in [0.717, 1.165) is 24.3 Å². The topological polar surface area (TPSA) is 26.3 Å². The Balaban J connectivity index is 2.35. The molecule has 1 rings (SSSR count). The zero-order valence-corrected chi connectivity index (χ0v) is 7.23. The van der Waals surface area contributed by atoms with Crippen LogP contribution in [-0.2, 0) is 9.53 Å². The fraction of sp³-hybridized carbons (Fsp3) is 0.625. The van der Waals surface area contributed by atoms with E-state index in [1.54, 1.807) is 0 Å². The number of hydrogen-bond donors (Lipinski definition) is 0. The minimum atomic E-state index is -0.207. The van der Waals surface area contributed by atoms with Gasteiger partial charge in [-0.2, -0.15) is 0 Å². The van der Waals surface area contributed by atoms with Crippen molar-refractivity contribution in [1.29, 1.82) is 0 Å². The molecule has 1 unspecified atom stereocenters. The normalized spacial score (nSPS) is 24.2. The summed E-state index contributed by atoms with van der Waals surface area (Å²) in [7, 11) is 0. The lowest BCUT2D eigenvalue weighted by atomic mass is 10.0. The van der Waals surface area contributed by atoms with Crippen LogP contribution < -0.4 is 0 Å². The van der Waals surface area contributed by atoms with E-state index in [4.69, 9.17) is 16.3 Å². The molecule has 1 aliphatic carbocycles. The van der Waals surface area contributed by atoms with Crippen molar-refractivity contribution in [2.24, 2.45) is 0 Å². The summed E-state index contributed by atoms with van der Waals surface area (Å²) in [6.07, 6.45) is 4.42. The highest BCUT2D eigenvalue weighted by molar-refractivity contribution is 6.29. The van der Waals surface area contributed by atoms with Gasteiger partial charge in [-0.25, -0.2) is 0 Å². The van der Waals surface area contributed by atoms with Gasteiger partial charge in [0.25, 0.3) is 0 Å². The second-order valence-corrected chi connectivity index (χ2v) is 3.14. The standard InChI is InChI=1S/C8H11ClO2/c1-6(10)11-8-4-2-7(9)3-5-8/h2,8H,3-5H2,1H3. The van der Waals surface area contributed by atoms with Crippen LogP contribution in [0.15, 0.2) is 11.1 Å². The first-order valence-corrected chi connectivity index (χ1v) is 4.08. The molecule has 0 saturated carbocycles. The van der Waals surface area contributed by atoms with Gasteiger partial charge in [0.05, 0.1) is 0 Å². The molecule has 1 atom stereocenters. The zero-order valence-electron chi connectivity index (χ0n) is 6.47. The number of hydrogen-bond acceptors (Lipinski definition) is 2. The Morgan fingerprint density at radius 2 is 2.55 bits per heavy atom. The third kappa shape index (κ3) is 2.93. The van der Waals surface area contributed by atoms with Crippen LogP contribution in [0.5, 0.6) is 0 Å². The molecule has 0 N–H and O–H groups in total. The molecular formula is C8H11ClO2. The van der Waals surface area contributed by atoms with E-state index in [9.17, 15) is 4.79 Å². The van der Waals surface area contributed by atoms with Gasteiger partial charge in [-0.1, -0.05) is 17.7 Å². The molecule has 2 nitrogen and oxygen atoms in total. The van der Waals surface area contributed by atoms with Crippen molar-refractivity contribution in [1.82, 2.24) is 0 Å². The van der Waals surface area contributed by atoms with Crippen LogP contribution in [0.25, 0.3) is 0 Å². The number of allylic oxidation sites excluding steroid dienone is 1. The maximum atomic E-state index is 10.5. The van der Waals surface area contributed by atoms with Gasteiger partial charge in [0.2, 0.25) is 0 Å². The Morgan fingerprint density at radius 1 is 1.82 bits per heavy atom. The third-order valence-corrected chi connectivity index (χ3v) is 1.98. The predicted molar refractivity (Wildman–Crippen MR) is 43.3 cm³/mol. The first kappa shape index (κ1) is 8.60. The molecule has 3 heteroatoms. The van der Waals surface area contributed by atoms with Gasteiger partial charge < -0.3 is 4.74 Å². The maximum Gasteiger partial charge on any atom is 0.302 e. The minimum Gasteiger partial charge on any atom is -0.462 e. The largest absolute Gasteiger partial charge is 0.462 e. The molecule has 0 spiro atoms. The van der Waals surface area contributed by atoms with Crippen molar-refractivity contribution < 1.29 is 9.53 Å². The summed E-state index contributed by atoms with van der Waals surface area (Å²) >= 11 is 5.74. The molecule has 0 amide bonds. The summed E-state index contributed by atoms with van der Waals surface area (Å²) in [4.78, 5) is 10.5. The smallest absolute Gasteiger partial charge is 0.302 e. The average molecular weight is 175 g/mol. The molecule has 0 bridgehead atoms. The fourth-order valence-electron chi connectivity index (χ4n) is 1.12. The zero-order chi connectivity index (χ0) is 8.27. The molecule has 11 heavy (non-hydrogen) atoms. The van der Waals surface area contributed by atoms with E-state index in [-0.39, 0.29) is 12.1 Å². The molecule has 0 fully saturated rings. The predicted octanol–water partition coefficient (Wildman–Crippen LogP) is 2.22. The summed E-state index contributed by atoms with van der Waals surface area (Å²) in [5.41, 5.74) is 0. The number of carbonyl (C=O) groups excluding carboxylic acids is 1. The molecular weight excluding hydrogens is 164 g/mol. The lowest BCUT2D eigenvalue weighted by Gasteiger charge is -2.18. The highest BCUT2D eigenvalue weighted by Gasteiger charge is 2.15. The molecule has 0 aromatic carbocycles. The monoisotopic (exact) mass is 174 g/mol. The molecule has 62 valence electrons. The van der Waals surface area contributed by atoms with Gasteiger partial charge in [-0.3, -0.25) is 4.79 Å². The minimum absolute atomic E-state index is 0.0509. The second kappa shape index (κ2) is 3.77. The molecule has 1 aliphatic rings. The summed E-state index contributed by atoms with van der Waals surface area (Å²) in [5, 5.41) is 0.883. The van der Waals surface area contributed by atoms with E-state index >= 15 is 0 Å². The van der Waals surface area contributed by atoms with Crippen LogP contribution in [0.3, 0.4) is 0 Å². The van der Waals surface area contributed by atoms with Crippen molar-refractivity contribution >= 4 is 17.6 Å².